The van der Waals surface area contributed by atoms with Crippen molar-refractivity contribution >= 4 is 18.1 Å². The first kappa shape index (κ1) is 16.7. The van der Waals surface area contributed by atoms with Crippen LogP contribution in [0.25, 0.3) is 6.20 Å². The average Bonchev–Trinajstić information content (AvgIpc) is 2.88. The second-order valence-electron chi connectivity index (χ2n) is 7.51. The first-order valence-electron chi connectivity index (χ1n) is 8.46. The number of ether oxygens (including phenoxy) is 1. The number of ketones is 1. The Morgan fingerprint density at radius 2 is 2.12 bits per heavy atom. The second-order valence-corrected chi connectivity index (χ2v) is 7.51. The van der Waals surface area contributed by atoms with Crippen molar-refractivity contribution < 1.29 is 14.3 Å². The smallest absolute Gasteiger partial charge is 0.407 e. The summed E-state index contributed by atoms with van der Waals surface area (Å²) in [6.45, 7) is 5.56. The maximum atomic E-state index is 12.0. The number of carbonyl (C=O) groups is 2. The van der Waals surface area contributed by atoms with Crippen LogP contribution < -0.4 is 5.32 Å². The molecule has 0 aromatic carbocycles. The zero-order chi connectivity index (χ0) is 17.3. The lowest BCUT2D eigenvalue weighted by molar-refractivity contribution is -0.114. The molecule has 0 saturated heterocycles. The van der Waals surface area contributed by atoms with Gasteiger partial charge in [-0.2, -0.15) is 0 Å². The fourth-order valence-electron chi connectivity index (χ4n) is 3.30. The summed E-state index contributed by atoms with van der Waals surface area (Å²) in [6.07, 6.45) is 7.00. The molecule has 0 bridgehead atoms. The molecular formula is C17H24N4O3. The standard InChI is InChI=1S/C17H24N4O3/c1-17(2,3)24-16(23)18-12-6-4-5-11(9-12)15-20-19-14-10-13(22)7-8-21(14)15/h7-8,11-12H,4-6,9-10H2,1-3H3,(H,18,23)/t11-,12+/m0/s1. The minimum Gasteiger partial charge on any atom is -0.444 e. The Hall–Kier alpha value is -2.18. The van der Waals surface area contributed by atoms with E-state index in [-0.39, 0.29) is 23.8 Å². The fraction of sp³-hybridized carbons (Fsp3) is 0.647. The molecule has 1 fully saturated rings. The highest BCUT2D eigenvalue weighted by Crippen LogP contribution is 2.33. The molecule has 1 aromatic rings. The SMILES string of the molecule is CC(C)(C)OC(=O)N[C@@H]1CCC[C@H](c2nnc3n2C=CC(=O)C3)C1. The zero-order valence-corrected chi connectivity index (χ0v) is 14.4. The number of hydrogen-bond acceptors (Lipinski definition) is 5. The van der Waals surface area contributed by atoms with Gasteiger partial charge in [-0.3, -0.25) is 9.36 Å². The van der Waals surface area contributed by atoms with Crippen molar-refractivity contribution in [2.24, 2.45) is 0 Å². The molecule has 7 nitrogen and oxygen atoms in total. The van der Waals surface area contributed by atoms with E-state index in [0.717, 1.165) is 31.5 Å². The van der Waals surface area contributed by atoms with E-state index in [4.69, 9.17) is 4.74 Å². The Morgan fingerprint density at radius 3 is 2.88 bits per heavy atom. The number of allylic oxidation sites excluding steroid dienone is 1. The quantitative estimate of drug-likeness (QED) is 0.899. The van der Waals surface area contributed by atoms with E-state index in [0.29, 0.717) is 12.2 Å². The molecule has 3 rings (SSSR count). The number of hydrogen-bond donors (Lipinski definition) is 1. The van der Waals surface area contributed by atoms with Crippen molar-refractivity contribution in [2.75, 3.05) is 0 Å². The molecule has 0 spiro atoms. The minimum absolute atomic E-state index is 0.0505. The van der Waals surface area contributed by atoms with E-state index >= 15 is 0 Å². The Balaban J connectivity index is 1.66. The Bertz CT molecular complexity index is 672. The number of alkyl carbamates (subject to hydrolysis) is 1. The van der Waals surface area contributed by atoms with Gasteiger partial charge in [-0.25, -0.2) is 4.79 Å². The highest BCUT2D eigenvalue weighted by Gasteiger charge is 2.30. The number of nitrogens with one attached hydrogen (secondary N) is 1. The molecular weight excluding hydrogens is 308 g/mol. The van der Waals surface area contributed by atoms with Crippen molar-refractivity contribution in [1.29, 1.82) is 0 Å². The lowest BCUT2D eigenvalue weighted by atomic mass is 9.85. The molecule has 1 N–H and O–H groups in total. The number of amides is 1. The third kappa shape index (κ3) is 3.83. The Labute approximate surface area is 141 Å². The van der Waals surface area contributed by atoms with Gasteiger partial charge in [0, 0.05) is 18.2 Å². The van der Waals surface area contributed by atoms with Gasteiger partial charge in [-0.1, -0.05) is 6.42 Å². The largest absolute Gasteiger partial charge is 0.444 e. The maximum absolute atomic E-state index is 12.0. The highest BCUT2D eigenvalue weighted by molar-refractivity contribution is 5.94. The predicted octanol–water partition coefficient (Wildman–Crippen LogP) is 2.42. The first-order valence-corrected chi connectivity index (χ1v) is 8.46. The van der Waals surface area contributed by atoms with Crippen LogP contribution in [0.15, 0.2) is 6.08 Å². The molecule has 2 atom stereocenters. The molecule has 130 valence electrons. The lowest BCUT2D eigenvalue weighted by Gasteiger charge is -2.30. The predicted molar refractivity (Wildman–Crippen MR) is 88.4 cm³/mol. The van der Waals surface area contributed by atoms with E-state index in [2.05, 4.69) is 15.5 Å². The molecule has 1 aliphatic carbocycles. The number of nitrogens with zero attached hydrogens (tertiary/aromatic N) is 3. The minimum atomic E-state index is -0.498. The van der Waals surface area contributed by atoms with Crippen LogP contribution in [0.1, 0.15) is 64.0 Å². The van der Waals surface area contributed by atoms with Gasteiger partial charge in [0.1, 0.15) is 17.2 Å². The van der Waals surface area contributed by atoms with Gasteiger partial charge in [0.25, 0.3) is 0 Å². The number of fused-ring (bicyclic) bond motifs is 1. The molecule has 2 aliphatic rings. The summed E-state index contributed by atoms with van der Waals surface area (Å²) in [6, 6.07) is 0.0701. The van der Waals surface area contributed by atoms with Crippen LogP contribution in [0.3, 0.4) is 0 Å². The summed E-state index contributed by atoms with van der Waals surface area (Å²) < 4.78 is 7.26. The highest BCUT2D eigenvalue weighted by atomic mass is 16.6. The van der Waals surface area contributed by atoms with Crippen LogP contribution in [0.2, 0.25) is 0 Å². The van der Waals surface area contributed by atoms with Crippen LogP contribution in [-0.2, 0) is 16.0 Å². The summed E-state index contributed by atoms with van der Waals surface area (Å²) >= 11 is 0. The van der Waals surface area contributed by atoms with Gasteiger partial charge in [0.05, 0.1) is 6.42 Å². The van der Waals surface area contributed by atoms with E-state index in [9.17, 15) is 9.59 Å². The summed E-state index contributed by atoms with van der Waals surface area (Å²) in [7, 11) is 0. The van der Waals surface area contributed by atoms with Crippen molar-refractivity contribution in [3.05, 3.63) is 17.7 Å². The average molecular weight is 332 g/mol. The van der Waals surface area contributed by atoms with Crippen molar-refractivity contribution in [1.82, 2.24) is 20.1 Å². The summed E-state index contributed by atoms with van der Waals surface area (Å²) in [4.78, 5) is 23.4. The molecule has 1 aromatic heterocycles. The van der Waals surface area contributed by atoms with Gasteiger partial charge >= 0.3 is 6.09 Å². The summed E-state index contributed by atoms with van der Waals surface area (Å²) in [5.41, 5.74) is -0.498. The monoisotopic (exact) mass is 332 g/mol. The van der Waals surface area contributed by atoms with Crippen LogP contribution >= 0.6 is 0 Å². The molecule has 1 aliphatic heterocycles. The lowest BCUT2D eigenvalue weighted by Crippen LogP contribution is -2.41. The van der Waals surface area contributed by atoms with E-state index in [1.807, 2.05) is 25.3 Å². The summed E-state index contributed by atoms with van der Waals surface area (Å²) in [5, 5.41) is 11.4. The van der Waals surface area contributed by atoms with Gasteiger partial charge in [0.2, 0.25) is 0 Å². The molecule has 2 heterocycles. The topological polar surface area (TPSA) is 86.1 Å². The number of aromatic nitrogens is 3. The third-order valence-electron chi connectivity index (χ3n) is 4.29. The Kier molecular flexibility index (Phi) is 4.43. The second kappa shape index (κ2) is 6.37. The Morgan fingerprint density at radius 1 is 1.33 bits per heavy atom. The van der Waals surface area contributed by atoms with Gasteiger partial charge < -0.3 is 10.1 Å². The van der Waals surface area contributed by atoms with Crippen molar-refractivity contribution in [2.45, 2.75) is 70.4 Å². The number of carbonyl (C=O) groups excluding carboxylic acids is 2. The van der Waals surface area contributed by atoms with Crippen LogP contribution in [0.5, 0.6) is 0 Å². The zero-order valence-electron chi connectivity index (χ0n) is 14.4. The fourth-order valence-corrected chi connectivity index (χ4v) is 3.30. The van der Waals surface area contributed by atoms with Crippen LogP contribution in [-0.4, -0.2) is 38.3 Å². The summed E-state index contributed by atoms with van der Waals surface area (Å²) in [5.74, 6) is 1.84. The molecule has 0 unspecified atom stereocenters. The van der Waals surface area contributed by atoms with Gasteiger partial charge in [0.15, 0.2) is 5.78 Å². The molecule has 0 radical (unpaired) electrons. The first-order chi connectivity index (χ1) is 11.3. The van der Waals surface area contributed by atoms with Crippen LogP contribution in [0.4, 0.5) is 4.79 Å². The molecule has 1 saturated carbocycles. The van der Waals surface area contributed by atoms with Crippen molar-refractivity contribution in [3.8, 4) is 0 Å². The maximum Gasteiger partial charge on any atom is 0.407 e. The molecule has 1 amide bonds. The van der Waals surface area contributed by atoms with E-state index in [1.165, 1.54) is 0 Å². The molecule has 7 heteroatoms. The molecule has 24 heavy (non-hydrogen) atoms. The van der Waals surface area contributed by atoms with E-state index < -0.39 is 5.60 Å². The third-order valence-corrected chi connectivity index (χ3v) is 4.29. The normalized spacial score (nSPS) is 23.7. The van der Waals surface area contributed by atoms with E-state index in [1.54, 1.807) is 12.3 Å². The van der Waals surface area contributed by atoms with Crippen LogP contribution in [0, 0.1) is 0 Å². The van der Waals surface area contributed by atoms with Gasteiger partial charge in [-0.05, 0) is 46.1 Å². The van der Waals surface area contributed by atoms with Crippen molar-refractivity contribution in [3.63, 3.8) is 0 Å². The number of rotatable bonds is 2. The van der Waals surface area contributed by atoms with Gasteiger partial charge in [-0.15, -0.1) is 10.2 Å².